The van der Waals surface area contributed by atoms with Crippen molar-refractivity contribution < 1.29 is 29.6 Å². The predicted octanol–water partition coefficient (Wildman–Crippen LogP) is 2.79. The summed E-state index contributed by atoms with van der Waals surface area (Å²) in [5, 5.41) is 28.6. The first-order valence-electron chi connectivity index (χ1n) is 7.18. The topological polar surface area (TPSA) is 121 Å². The SMILES string of the molecule is COc1ccc2c(c1)N=C(C(=O)O)/C2=C/c1sc(=S)n(CC(=O)O)c1O. The molecule has 0 spiro atoms. The van der Waals surface area contributed by atoms with Crippen LogP contribution in [-0.4, -0.2) is 44.6 Å². The summed E-state index contributed by atoms with van der Waals surface area (Å²) in [6.07, 6.45) is 1.44. The Morgan fingerprint density at radius 3 is 2.73 bits per heavy atom. The van der Waals surface area contributed by atoms with Gasteiger partial charge in [0.2, 0.25) is 5.88 Å². The highest BCUT2D eigenvalue weighted by Crippen LogP contribution is 2.40. The number of aromatic nitrogens is 1. The minimum absolute atomic E-state index is 0.165. The highest BCUT2D eigenvalue weighted by atomic mass is 32.1. The number of benzene rings is 1. The number of aromatic hydroxyl groups is 1. The van der Waals surface area contributed by atoms with E-state index in [1.807, 2.05) is 0 Å². The predicted molar refractivity (Wildman–Crippen MR) is 98.0 cm³/mol. The van der Waals surface area contributed by atoms with Crippen LogP contribution in [0.15, 0.2) is 23.2 Å². The van der Waals surface area contributed by atoms with E-state index < -0.39 is 18.5 Å². The Balaban J connectivity index is 2.14. The van der Waals surface area contributed by atoms with E-state index in [-0.39, 0.29) is 20.4 Å². The first-order valence-corrected chi connectivity index (χ1v) is 8.41. The Morgan fingerprint density at radius 1 is 1.38 bits per heavy atom. The quantitative estimate of drug-likeness (QED) is 0.669. The lowest BCUT2D eigenvalue weighted by Crippen LogP contribution is -2.11. The smallest absolute Gasteiger partial charge is 0.355 e. The molecule has 0 amide bonds. The van der Waals surface area contributed by atoms with Gasteiger partial charge in [-0.3, -0.25) is 9.36 Å². The molecule has 0 aliphatic carbocycles. The van der Waals surface area contributed by atoms with Gasteiger partial charge in [-0.25, -0.2) is 9.79 Å². The maximum absolute atomic E-state index is 11.6. The van der Waals surface area contributed by atoms with Crippen LogP contribution in [0.1, 0.15) is 10.4 Å². The molecule has 1 aromatic carbocycles. The Hall–Kier alpha value is -2.98. The van der Waals surface area contributed by atoms with Crippen molar-refractivity contribution in [3.63, 3.8) is 0 Å². The lowest BCUT2D eigenvalue weighted by molar-refractivity contribution is -0.137. The Morgan fingerprint density at radius 2 is 2.12 bits per heavy atom. The lowest BCUT2D eigenvalue weighted by Gasteiger charge is -2.04. The van der Waals surface area contributed by atoms with Crippen molar-refractivity contribution in [2.75, 3.05) is 7.11 Å². The van der Waals surface area contributed by atoms with E-state index in [1.54, 1.807) is 18.2 Å². The van der Waals surface area contributed by atoms with E-state index in [9.17, 15) is 19.8 Å². The highest BCUT2D eigenvalue weighted by molar-refractivity contribution is 7.73. The Bertz CT molecular complexity index is 1050. The molecule has 10 heteroatoms. The molecule has 3 N–H and O–H groups in total. The third kappa shape index (κ3) is 3.11. The summed E-state index contributed by atoms with van der Waals surface area (Å²) >= 11 is 6.06. The molecule has 0 radical (unpaired) electrons. The van der Waals surface area contributed by atoms with Crippen molar-refractivity contribution in [3.8, 4) is 11.6 Å². The summed E-state index contributed by atoms with van der Waals surface area (Å²) < 4.78 is 6.35. The van der Waals surface area contributed by atoms with Crippen LogP contribution in [0.4, 0.5) is 5.69 Å². The van der Waals surface area contributed by atoms with Crippen molar-refractivity contribution in [2.45, 2.75) is 6.54 Å². The van der Waals surface area contributed by atoms with E-state index in [0.717, 1.165) is 15.9 Å². The number of aliphatic carboxylic acids is 2. The molecule has 1 aromatic heterocycles. The molecule has 1 aliphatic rings. The van der Waals surface area contributed by atoms with Gasteiger partial charge < -0.3 is 20.1 Å². The first-order chi connectivity index (χ1) is 12.3. The summed E-state index contributed by atoms with van der Waals surface area (Å²) in [6, 6.07) is 4.95. The van der Waals surface area contributed by atoms with Crippen LogP contribution < -0.4 is 4.74 Å². The lowest BCUT2D eigenvalue weighted by atomic mass is 10.0. The summed E-state index contributed by atoms with van der Waals surface area (Å²) in [7, 11) is 1.49. The van der Waals surface area contributed by atoms with Gasteiger partial charge >= 0.3 is 11.9 Å². The van der Waals surface area contributed by atoms with Crippen LogP contribution in [0.25, 0.3) is 11.6 Å². The van der Waals surface area contributed by atoms with Gasteiger partial charge in [-0.15, -0.1) is 11.3 Å². The average molecular weight is 392 g/mol. The van der Waals surface area contributed by atoms with E-state index in [0.29, 0.717) is 22.6 Å². The molecule has 0 saturated carbocycles. The fourth-order valence-corrected chi connectivity index (χ4v) is 3.74. The largest absolute Gasteiger partial charge is 0.497 e. The fourth-order valence-electron chi connectivity index (χ4n) is 2.49. The molecule has 2 heterocycles. The van der Waals surface area contributed by atoms with Gasteiger partial charge in [0, 0.05) is 17.2 Å². The van der Waals surface area contributed by atoms with Crippen LogP contribution in [0.3, 0.4) is 0 Å². The molecular weight excluding hydrogens is 380 g/mol. The number of thiazole rings is 1. The second-order valence-electron chi connectivity index (χ2n) is 5.24. The number of carbonyl (C=O) groups is 2. The van der Waals surface area contributed by atoms with E-state index in [4.69, 9.17) is 22.1 Å². The first kappa shape index (κ1) is 17.8. The fraction of sp³-hybridized carbons (Fsp3) is 0.125. The van der Waals surface area contributed by atoms with Crippen LogP contribution in [-0.2, 0) is 16.1 Å². The third-order valence-corrected chi connectivity index (χ3v) is 5.03. The number of aliphatic imine (C=N–C) groups is 1. The summed E-state index contributed by atoms with van der Waals surface area (Å²) in [4.78, 5) is 26.8. The van der Waals surface area contributed by atoms with Gasteiger partial charge in [-0.2, -0.15) is 0 Å². The van der Waals surface area contributed by atoms with E-state index in [1.165, 1.54) is 13.2 Å². The summed E-state index contributed by atoms with van der Waals surface area (Å²) in [5.74, 6) is -2.18. The molecular formula is C16H12N2O6S2. The number of carboxylic acid groups (broad SMARTS) is 2. The van der Waals surface area contributed by atoms with Gasteiger partial charge in [-0.1, -0.05) is 0 Å². The van der Waals surface area contributed by atoms with E-state index in [2.05, 4.69) is 4.99 Å². The monoisotopic (exact) mass is 392 g/mol. The van der Waals surface area contributed by atoms with E-state index >= 15 is 0 Å². The van der Waals surface area contributed by atoms with Gasteiger partial charge in [0.1, 0.15) is 12.3 Å². The van der Waals surface area contributed by atoms with Crippen LogP contribution in [0.5, 0.6) is 11.6 Å². The summed E-state index contributed by atoms with van der Waals surface area (Å²) in [6.45, 7) is -0.488. The number of nitrogens with zero attached hydrogens (tertiary/aromatic N) is 2. The molecule has 26 heavy (non-hydrogen) atoms. The number of methoxy groups -OCH3 is 1. The van der Waals surface area contributed by atoms with Crippen molar-refractivity contribution in [2.24, 2.45) is 4.99 Å². The zero-order valence-electron chi connectivity index (χ0n) is 13.3. The van der Waals surface area contributed by atoms with Crippen molar-refractivity contribution in [1.82, 2.24) is 4.57 Å². The molecule has 0 bridgehead atoms. The zero-order chi connectivity index (χ0) is 19.0. The molecule has 8 nitrogen and oxygen atoms in total. The number of carboxylic acids is 2. The molecule has 3 rings (SSSR count). The average Bonchev–Trinajstić information content (AvgIpc) is 3.07. The highest BCUT2D eigenvalue weighted by Gasteiger charge is 2.27. The van der Waals surface area contributed by atoms with Crippen LogP contribution in [0.2, 0.25) is 0 Å². The molecule has 1 aliphatic heterocycles. The number of fused-ring (bicyclic) bond motifs is 1. The summed E-state index contributed by atoms with van der Waals surface area (Å²) in [5.41, 5.74) is 1.11. The maximum atomic E-state index is 11.6. The molecule has 0 unspecified atom stereocenters. The van der Waals surface area contributed by atoms with Gasteiger partial charge in [0.25, 0.3) is 0 Å². The van der Waals surface area contributed by atoms with Crippen molar-refractivity contribution in [3.05, 3.63) is 32.6 Å². The molecule has 2 aromatic rings. The zero-order valence-corrected chi connectivity index (χ0v) is 14.9. The van der Waals surface area contributed by atoms with Crippen molar-refractivity contribution in [1.29, 1.82) is 0 Å². The van der Waals surface area contributed by atoms with Crippen LogP contribution in [0, 0.1) is 3.95 Å². The number of rotatable bonds is 5. The second-order valence-corrected chi connectivity index (χ2v) is 6.92. The minimum atomic E-state index is -1.22. The molecule has 0 saturated heterocycles. The Kier molecular flexibility index (Phi) is 4.62. The number of hydrogen-bond acceptors (Lipinski definition) is 7. The number of ether oxygens (including phenoxy) is 1. The Labute approximate surface area is 155 Å². The third-order valence-electron chi connectivity index (χ3n) is 3.65. The van der Waals surface area contributed by atoms with Crippen LogP contribution >= 0.6 is 23.6 Å². The minimum Gasteiger partial charge on any atom is -0.497 e. The molecule has 0 fully saturated rings. The number of hydrogen-bond donors (Lipinski definition) is 3. The van der Waals surface area contributed by atoms with Gasteiger partial charge in [0.05, 0.1) is 17.7 Å². The normalized spacial score (nSPS) is 14.2. The standard InChI is InChI=1S/C16H12N2O6S2/c1-24-7-2-3-8-9(13(15(22)23)17-10(8)4-7)5-11-14(21)18(6-12(19)20)16(25)26-11/h2-5,21H,6H2,1H3,(H,19,20)(H,22,23)/b9-5+. The van der Waals surface area contributed by atoms with Gasteiger partial charge in [0.15, 0.2) is 9.67 Å². The molecule has 0 atom stereocenters. The maximum Gasteiger partial charge on any atom is 0.355 e. The second kappa shape index (κ2) is 6.73. The van der Waals surface area contributed by atoms with Gasteiger partial charge in [-0.05, 0) is 30.4 Å². The molecule has 134 valence electrons. The van der Waals surface area contributed by atoms with Crippen molar-refractivity contribution >= 4 is 58.5 Å².